The van der Waals surface area contributed by atoms with Crippen LogP contribution < -0.4 is 10.1 Å². The number of hydrogen-bond donors (Lipinski definition) is 1. The average Bonchev–Trinajstić information content (AvgIpc) is 2.93. The molecule has 0 unspecified atom stereocenters. The summed E-state index contributed by atoms with van der Waals surface area (Å²) in [6.45, 7) is 8.89. The molecule has 2 atom stereocenters. The molecule has 4 nitrogen and oxygen atoms in total. The first kappa shape index (κ1) is 17.3. The molecule has 2 aliphatic heterocycles. The van der Waals surface area contributed by atoms with Gasteiger partial charge in [0.05, 0.1) is 13.0 Å². The number of carbonyl (C=O) groups excluding carboxylic acids is 1. The van der Waals surface area contributed by atoms with Crippen LogP contribution in [-0.2, 0) is 4.79 Å². The molecular formula is C20H30N2O2. The van der Waals surface area contributed by atoms with E-state index in [1.807, 2.05) is 17.0 Å². The number of likely N-dealkylation sites (tertiary alicyclic amines) is 1. The Hall–Kier alpha value is -1.55. The van der Waals surface area contributed by atoms with E-state index in [9.17, 15) is 4.79 Å². The van der Waals surface area contributed by atoms with Crippen LogP contribution in [0.1, 0.15) is 44.6 Å². The smallest absolute Gasteiger partial charge is 0.225 e. The second-order valence-corrected chi connectivity index (χ2v) is 7.46. The lowest BCUT2D eigenvalue weighted by atomic mass is 9.92. The lowest BCUT2D eigenvalue weighted by Crippen LogP contribution is -2.33. The summed E-state index contributed by atoms with van der Waals surface area (Å²) in [5.74, 6) is 3.14. The molecule has 0 radical (unpaired) electrons. The molecule has 1 aromatic rings. The van der Waals surface area contributed by atoms with Crippen LogP contribution in [0.25, 0.3) is 0 Å². The summed E-state index contributed by atoms with van der Waals surface area (Å²) in [6.07, 6.45) is 2.75. The first-order valence-electron chi connectivity index (χ1n) is 9.34. The quantitative estimate of drug-likeness (QED) is 0.902. The summed E-state index contributed by atoms with van der Waals surface area (Å²) in [7, 11) is 0. The summed E-state index contributed by atoms with van der Waals surface area (Å²) >= 11 is 0. The lowest BCUT2D eigenvalue weighted by Gasteiger charge is -2.21. The molecule has 2 saturated heterocycles. The number of hydrogen-bond acceptors (Lipinski definition) is 3. The predicted octanol–water partition coefficient (Wildman–Crippen LogP) is 3.04. The Kier molecular flexibility index (Phi) is 5.77. The third-order valence-corrected chi connectivity index (χ3v) is 5.50. The SMILES string of the molecule is CC(C)c1ccc(OCCC(=O)N2CC[C@@H]3CNC[C@@H]3CC2)cc1. The maximum atomic E-state index is 12.4. The average molecular weight is 330 g/mol. The molecule has 1 aromatic carbocycles. The fourth-order valence-corrected chi connectivity index (χ4v) is 3.83. The van der Waals surface area contributed by atoms with Crippen molar-refractivity contribution in [1.82, 2.24) is 10.2 Å². The maximum absolute atomic E-state index is 12.4. The molecule has 2 heterocycles. The van der Waals surface area contributed by atoms with Gasteiger partial charge in [0.2, 0.25) is 5.91 Å². The Morgan fingerprint density at radius 1 is 1.17 bits per heavy atom. The molecule has 132 valence electrons. The van der Waals surface area contributed by atoms with Crippen molar-refractivity contribution in [3.8, 4) is 5.75 Å². The van der Waals surface area contributed by atoms with Crippen molar-refractivity contribution in [2.45, 2.75) is 39.0 Å². The third kappa shape index (κ3) is 4.29. The molecule has 0 saturated carbocycles. The largest absolute Gasteiger partial charge is 0.493 e. The van der Waals surface area contributed by atoms with E-state index in [-0.39, 0.29) is 5.91 Å². The summed E-state index contributed by atoms with van der Waals surface area (Å²) in [5, 5.41) is 3.48. The minimum absolute atomic E-state index is 0.238. The Labute approximate surface area is 145 Å². The number of rotatable bonds is 5. The monoisotopic (exact) mass is 330 g/mol. The third-order valence-electron chi connectivity index (χ3n) is 5.50. The number of ether oxygens (including phenoxy) is 1. The summed E-state index contributed by atoms with van der Waals surface area (Å²) in [4.78, 5) is 14.5. The molecule has 24 heavy (non-hydrogen) atoms. The van der Waals surface area contributed by atoms with Gasteiger partial charge < -0.3 is 15.0 Å². The molecule has 0 aliphatic carbocycles. The van der Waals surface area contributed by atoms with Crippen LogP contribution >= 0.6 is 0 Å². The maximum Gasteiger partial charge on any atom is 0.225 e. The van der Waals surface area contributed by atoms with Crippen LogP contribution in [0.3, 0.4) is 0 Å². The molecule has 3 rings (SSSR count). The highest BCUT2D eigenvalue weighted by molar-refractivity contribution is 5.76. The highest BCUT2D eigenvalue weighted by Gasteiger charge is 2.31. The van der Waals surface area contributed by atoms with Crippen LogP contribution in [0.15, 0.2) is 24.3 Å². The van der Waals surface area contributed by atoms with Gasteiger partial charge in [-0.05, 0) is 61.4 Å². The van der Waals surface area contributed by atoms with Gasteiger partial charge in [0.1, 0.15) is 5.75 Å². The Morgan fingerprint density at radius 3 is 2.38 bits per heavy atom. The molecule has 2 fully saturated rings. The number of amides is 1. The highest BCUT2D eigenvalue weighted by Crippen LogP contribution is 2.27. The van der Waals surface area contributed by atoms with Gasteiger partial charge in [-0.3, -0.25) is 4.79 Å². The Balaban J connectivity index is 1.42. The van der Waals surface area contributed by atoms with E-state index in [0.717, 1.165) is 56.6 Å². The summed E-state index contributed by atoms with van der Waals surface area (Å²) < 4.78 is 5.75. The topological polar surface area (TPSA) is 41.6 Å². The molecule has 2 aliphatic rings. The van der Waals surface area contributed by atoms with Crippen molar-refractivity contribution in [2.24, 2.45) is 11.8 Å². The van der Waals surface area contributed by atoms with E-state index in [1.165, 1.54) is 5.56 Å². The van der Waals surface area contributed by atoms with Gasteiger partial charge in [-0.2, -0.15) is 0 Å². The van der Waals surface area contributed by atoms with Crippen molar-refractivity contribution >= 4 is 5.91 Å². The second kappa shape index (κ2) is 8.02. The highest BCUT2D eigenvalue weighted by atomic mass is 16.5. The number of benzene rings is 1. The fraction of sp³-hybridized carbons (Fsp3) is 0.650. The minimum Gasteiger partial charge on any atom is -0.493 e. The Bertz CT molecular complexity index is 527. The molecule has 1 N–H and O–H groups in total. The van der Waals surface area contributed by atoms with Gasteiger partial charge in [0.15, 0.2) is 0 Å². The van der Waals surface area contributed by atoms with E-state index in [0.29, 0.717) is 18.9 Å². The van der Waals surface area contributed by atoms with Gasteiger partial charge in [-0.1, -0.05) is 26.0 Å². The van der Waals surface area contributed by atoms with E-state index in [4.69, 9.17) is 4.74 Å². The van der Waals surface area contributed by atoms with Gasteiger partial charge in [0.25, 0.3) is 0 Å². The van der Waals surface area contributed by atoms with Gasteiger partial charge in [-0.25, -0.2) is 0 Å². The van der Waals surface area contributed by atoms with Crippen LogP contribution in [0.2, 0.25) is 0 Å². The van der Waals surface area contributed by atoms with E-state index < -0.39 is 0 Å². The van der Waals surface area contributed by atoms with Gasteiger partial charge >= 0.3 is 0 Å². The number of nitrogens with one attached hydrogen (secondary N) is 1. The predicted molar refractivity (Wildman–Crippen MR) is 96.3 cm³/mol. The standard InChI is InChI=1S/C20H30N2O2/c1-15(2)16-3-5-19(6-4-16)24-12-9-20(23)22-10-7-17-13-21-14-18(17)8-11-22/h3-6,15,17-18,21H,7-14H2,1-2H3/t17-,18+. The molecule has 4 heteroatoms. The van der Waals surface area contributed by atoms with Crippen molar-refractivity contribution < 1.29 is 9.53 Å². The van der Waals surface area contributed by atoms with Gasteiger partial charge in [-0.15, -0.1) is 0 Å². The molecule has 0 spiro atoms. The fourth-order valence-electron chi connectivity index (χ4n) is 3.83. The number of fused-ring (bicyclic) bond motifs is 1. The summed E-state index contributed by atoms with van der Waals surface area (Å²) in [5.41, 5.74) is 1.31. The second-order valence-electron chi connectivity index (χ2n) is 7.46. The number of carbonyl (C=O) groups is 1. The first-order valence-corrected chi connectivity index (χ1v) is 9.34. The molecule has 0 bridgehead atoms. The summed E-state index contributed by atoms with van der Waals surface area (Å²) in [6, 6.07) is 8.20. The van der Waals surface area contributed by atoms with Crippen LogP contribution in [0.5, 0.6) is 5.75 Å². The molecule has 1 amide bonds. The zero-order valence-electron chi connectivity index (χ0n) is 15.0. The van der Waals surface area contributed by atoms with Crippen molar-refractivity contribution in [2.75, 3.05) is 32.8 Å². The van der Waals surface area contributed by atoms with E-state index in [2.05, 4.69) is 31.3 Å². The lowest BCUT2D eigenvalue weighted by molar-refractivity contribution is -0.131. The number of nitrogens with zero attached hydrogens (tertiary/aromatic N) is 1. The first-order chi connectivity index (χ1) is 11.6. The van der Waals surface area contributed by atoms with Crippen LogP contribution in [-0.4, -0.2) is 43.6 Å². The van der Waals surface area contributed by atoms with E-state index >= 15 is 0 Å². The van der Waals surface area contributed by atoms with E-state index in [1.54, 1.807) is 0 Å². The Morgan fingerprint density at radius 2 is 1.79 bits per heavy atom. The molecular weight excluding hydrogens is 300 g/mol. The normalized spacial score (nSPS) is 23.9. The van der Waals surface area contributed by atoms with Crippen molar-refractivity contribution in [3.05, 3.63) is 29.8 Å². The van der Waals surface area contributed by atoms with Gasteiger partial charge in [0, 0.05) is 13.1 Å². The van der Waals surface area contributed by atoms with Crippen molar-refractivity contribution in [1.29, 1.82) is 0 Å². The zero-order chi connectivity index (χ0) is 16.9. The zero-order valence-corrected chi connectivity index (χ0v) is 15.0. The van der Waals surface area contributed by atoms with Crippen molar-refractivity contribution in [3.63, 3.8) is 0 Å². The molecule has 0 aromatic heterocycles. The van der Waals surface area contributed by atoms with Crippen LogP contribution in [0, 0.1) is 11.8 Å². The minimum atomic E-state index is 0.238. The van der Waals surface area contributed by atoms with Crippen LogP contribution in [0.4, 0.5) is 0 Å².